The topological polar surface area (TPSA) is 36.1 Å². The molecule has 1 heterocycles. The van der Waals surface area contributed by atoms with Gasteiger partial charge in [0.15, 0.2) is 0 Å². The summed E-state index contributed by atoms with van der Waals surface area (Å²) in [5, 5.41) is 1.11. The van der Waals surface area contributed by atoms with E-state index < -0.39 is 0 Å². The number of rotatable bonds is 3. The van der Waals surface area contributed by atoms with E-state index in [9.17, 15) is 4.79 Å². The SMILES string of the molecule is CCCC(=O)N(C)c1c(C)[nH]c2ccccc12. The van der Waals surface area contributed by atoms with Crippen LogP contribution in [0.5, 0.6) is 0 Å². The van der Waals surface area contributed by atoms with Gasteiger partial charge in [0.05, 0.1) is 5.69 Å². The van der Waals surface area contributed by atoms with Crippen molar-refractivity contribution in [2.45, 2.75) is 26.7 Å². The third-order valence-electron chi connectivity index (χ3n) is 3.03. The van der Waals surface area contributed by atoms with Gasteiger partial charge >= 0.3 is 0 Å². The maximum absolute atomic E-state index is 11.9. The Kier molecular flexibility index (Phi) is 3.18. The molecule has 0 radical (unpaired) electrons. The van der Waals surface area contributed by atoms with E-state index in [-0.39, 0.29) is 5.91 Å². The highest BCUT2D eigenvalue weighted by atomic mass is 16.2. The molecule has 1 amide bonds. The number of fused-ring (bicyclic) bond motifs is 1. The van der Waals surface area contributed by atoms with Crippen LogP contribution in [-0.2, 0) is 4.79 Å². The summed E-state index contributed by atoms with van der Waals surface area (Å²) >= 11 is 0. The Hall–Kier alpha value is -1.77. The summed E-state index contributed by atoms with van der Waals surface area (Å²) in [4.78, 5) is 17.0. The molecular weight excluding hydrogens is 212 g/mol. The molecule has 0 aliphatic carbocycles. The molecule has 3 heteroatoms. The van der Waals surface area contributed by atoms with Crippen LogP contribution in [-0.4, -0.2) is 17.9 Å². The lowest BCUT2D eigenvalue weighted by Crippen LogP contribution is -2.26. The van der Waals surface area contributed by atoms with E-state index in [1.165, 1.54) is 0 Å². The molecule has 90 valence electrons. The number of aromatic nitrogens is 1. The molecule has 2 rings (SSSR count). The van der Waals surface area contributed by atoms with Gasteiger partial charge in [0.2, 0.25) is 5.91 Å². The zero-order chi connectivity index (χ0) is 12.4. The van der Waals surface area contributed by atoms with Crippen LogP contribution in [0.25, 0.3) is 10.9 Å². The lowest BCUT2D eigenvalue weighted by molar-refractivity contribution is -0.118. The number of carbonyl (C=O) groups is 1. The van der Waals surface area contributed by atoms with Crippen molar-refractivity contribution < 1.29 is 4.79 Å². The monoisotopic (exact) mass is 230 g/mol. The molecular formula is C14H18N2O. The predicted octanol–water partition coefficient (Wildman–Crippen LogP) is 3.24. The molecule has 2 aromatic rings. The molecule has 0 atom stereocenters. The van der Waals surface area contributed by atoms with Crippen molar-refractivity contribution in [1.29, 1.82) is 0 Å². The Morgan fingerprint density at radius 3 is 2.76 bits per heavy atom. The van der Waals surface area contributed by atoms with Gasteiger partial charge in [0.25, 0.3) is 0 Å². The number of nitrogens with one attached hydrogen (secondary N) is 1. The number of para-hydroxylation sites is 1. The minimum atomic E-state index is 0.167. The van der Waals surface area contributed by atoms with Crippen molar-refractivity contribution in [3.05, 3.63) is 30.0 Å². The number of amides is 1. The third kappa shape index (κ3) is 2.05. The largest absolute Gasteiger partial charge is 0.357 e. The highest BCUT2D eigenvalue weighted by molar-refractivity contribution is 6.04. The predicted molar refractivity (Wildman–Crippen MR) is 71.4 cm³/mol. The van der Waals surface area contributed by atoms with Crippen LogP contribution in [0.3, 0.4) is 0 Å². The van der Waals surface area contributed by atoms with Gasteiger partial charge in [-0.25, -0.2) is 0 Å². The van der Waals surface area contributed by atoms with Gasteiger partial charge in [0.1, 0.15) is 0 Å². The maximum Gasteiger partial charge on any atom is 0.226 e. The molecule has 1 aromatic heterocycles. The first-order chi connectivity index (χ1) is 8.15. The maximum atomic E-state index is 11.9. The van der Waals surface area contributed by atoms with E-state index in [1.54, 1.807) is 4.90 Å². The summed E-state index contributed by atoms with van der Waals surface area (Å²) in [6.45, 7) is 4.03. The van der Waals surface area contributed by atoms with Gasteiger partial charge in [-0.1, -0.05) is 25.1 Å². The average molecular weight is 230 g/mol. The first-order valence-corrected chi connectivity index (χ1v) is 5.99. The second-order valence-electron chi connectivity index (χ2n) is 4.35. The smallest absolute Gasteiger partial charge is 0.226 e. The number of carbonyl (C=O) groups excluding carboxylic acids is 1. The second-order valence-corrected chi connectivity index (χ2v) is 4.35. The quantitative estimate of drug-likeness (QED) is 0.863. The van der Waals surface area contributed by atoms with E-state index in [0.717, 1.165) is 28.7 Å². The zero-order valence-electron chi connectivity index (χ0n) is 10.6. The molecule has 0 fully saturated rings. The summed E-state index contributed by atoms with van der Waals surface area (Å²) < 4.78 is 0. The number of aromatic amines is 1. The normalized spacial score (nSPS) is 10.8. The number of nitrogens with zero attached hydrogens (tertiary/aromatic N) is 1. The Labute approximate surface area is 101 Å². The first kappa shape index (κ1) is 11.7. The molecule has 0 saturated carbocycles. The fourth-order valence-corrected chi connectivity index (χ4v) is 2.20. The molecule has 0 unspecified atom stereocenters. The molecule has 3 nitrogen and oxygen atoms in total. The van der Waals surface area contributed by atoms with E-state index >= 15 is 0 Å². The summed E-state index contributed by atoms with van der Waals surface area (Å²) in [6.07, 6.45) is 1.47. The van der Waals surface area contributed by atoms with Crippen LogP contribution < -0.4 is 4.90 Å². The summed E-state index contributed by atoms with van der Waals surface area (Å²) in [6, 6.07) is 8.07. The van der Waals surface area contributed by atoms with Crippen molar-refractivity contribution in [2.75, 3.05) is 11.9 Å². The molecule has 0 aliphatic heterocycles. The highest BCUT2D eigenvalue weighted by Crippen LogP contribution is 2.30. The van der Waals surface area contributed by atoms with Crippen LogP contribution in [0.1, 0.15) is 25.5 Å². The minimum absolute atomic E-state index is 0.167. The van der Waals surface area contributed by atoms with Crippen molar-refractivity contribution in [3.63, 3.8) is 0 Å². The molecule has 0 spiro atoms. The highest BCUT2D eigenvalue weighted by Gasteiger charge is 2.16. The molecule has 0 aliphatic rings. The van der Waals surface area contributed by atoms with Crippen molar-refractivity contribution in [2.24, 2.45) is 0 Å². The molecule has 1 aromatic carbocycles. The second kappa shape index (κ2) is 4.62. The number of hydrogen-bond donors (Lipinski definition) is 1. The Morgan fingerprint density at radius 2 is 2.06 bits per heavy atom. The lowest BCUT2D eigenvalue weighted by atomic mass is 10.2. The van der Waals surface area contributed by atoms with Crippen molar-refractivity contribution >= 4 is 22.5 Å². The standard InChI is InChI=1S/C14H18N2O/c1-4-7-13(17)16(3)14-10(2)15-12-9-6-5-8-11(12)14/h5-6,8-9,15H,4,7H2,1-3H3. The third-order valence-corrected chi connectivity index (χ3v) is 3.03. The number of aryl methyl sites for hydroxylation is 1. The molecule has 1 N–H and O–H groups in total. The molecule has 0 saturated heterocycles. The van der Waals surface area contributed by atoms with Crippen LogP contribution in [0.15, 0.2) is 24.3 Å². The molecule has 17 heavy (non-hydrogen) atoms. The number of hydrogen-bond acceptors (Lipinski definition) is 1. The fraction of sp³-hybridized carbons (Fsp3) is 0.357. The van der Waals surface area contributed by atoms with E-state index in [4.69, 9.17) is 0 Å². The van der Waals surface area contributed by atoms with Gasteiger partial charge in [0, 0.05) is 30.1 Å². The number of benzene rings is 1. The fourth-order valence-electron chi connectivity index (χ4n) is 2.20. The Morgan fingerprint density at radius 1 is 1.35 bits per heavy atom. The minimum Gasteiger partial charge on any atom is -0.357 e. The van der Waals surface area contributed by atoms with Gasteiger partial charge in [-0.05, 0) is 19.4 Å². The Bertz CT molecular complexity index is 542. The Balaban J connectivity index is 2.47. The lowest BCUT2D eigenvalue weighted by Gasteiger charge is -2.17. The first-order valence-electron chi connectivity index (χ1n) is 5.99. The summed E-state index contributed by atoms with van der Waals surface area (Å²) in [7, 11) is 1.85. The summed E-state index contributed by atoms with van der Waals surface area (Å²) in [5.41, 5.74) is 3.12. The van der Waals surface area contributed by atoms with Crippen LogP contribution in [0.4, 0.5) is 5.69 Å². The summed E-state index contributed by atoms with van der Waals surface area (Å²) in [5.74, 6) is 0.167. The van der Waals surface area contributed by atoms with Crippen LogP contribution >= 0.6 is 0 Å². The number of anilines is 1. The van der Waals surface area contributed by atoms with Gasteiger partial charge in [-0.2, -0.15) is 0 Å². The van der Waals surface area contributed by atoms with Crippen molar-refractivity contribution in [1.82, 2.24) is 4.98 Å². The van der Waals surface area contributed by atoms with Gasteiger partial charge < -0.3 is 9.88 Å². The van der Waals surface area contributed by atoms with E-state index in [0.29, 0.717) is 6.42 Å². The van der Waals surface area contributed by atoms with Gasteiger partial charge in [-0.15, -0.1) is 0 Å². The zero-order valence-corrected chi connectivity index (χ0v) is 10.6. The van der Waals surface area contributed by atoms with Crippen LogP contribution in [0.2, 0.25) is 0 Å². The van der Waals surface area contributed by atoms with Crippen molar-refractivity contribution in [3.8, 4) is 0 Å². The van der Waals surface area contributed by atoms with Gasteiger partial charge in [-0.3, -0.25) is 4.79 Å². The van der Waals surface area contributed by atoms with Crippen LogP contribution in [0, 0.1) is 6.92 Å². The number of H-pyrrole nitrogens is 1. The average Bonchev–Trinajstić information content (AvgIpc) is 2.64. The van der Waals surface area contributed by atoms with E-state index in [2.05, 4.69) is 4.98 Å². The molecule has 0 bridgehead atoms. The van der Waals surface area contributed by atoms with E-state index in [1.807, 2.05) is 45.2 Å².